The average molecular weight is 293 g/mol. The number of rotatable bonds is 3. The number of nitrogens with zero attached hydrogens (tertiary/aromatic N) is 1. The molecule has 2 heteroatoms. The Labute approximate surface area is 132 Å². The Bertz CT molecular complexity index is 610. The Morgan fingerprint density at radius 2 is 1.45 bits per heavy atom. The molecule has 0 radical (unpaired) electrons. The van der Waals surface area contributed by atoms with Crippen molar-refractivity contribution in [1.29, 1.82) is 0 Å². The molecule has 0 N–H and O–H groups in total. The number of likely N-dealkylation sites (N-methyl/N-ethyl adjacent to an activating group) is 1. The van der Waals surface area contributed by atoms with Crippen molar-refractivity contribution in [3.8, 4) is 0 Å². The molecule has 3 rings (SSSR count). The van der Waals surface area contributed by atoms with Crippen LogP contribution >= 0.6 is 0 Å². The van der Waals surface area contributed by atoms with Crippen LogP contribution < -0.4 is 0 Å². The van der Waals surface area contributed by atoms with Crippen molar-refractivity contribution >= 4 is 5.78 Å². The third kappa shape index (κ3) is 2.19. The van der Waals surface area contributed by atoms with E-state index in [0.29, 0.717) is 6.04 Å². The first-order chi connectivity index (χ1) is 10.6. The minimum Gasteiger partial charge on any atom is -0.298 e. The van der Waals surface area contributed by atoms with Gasteiger partial charge in [-0.1, -0.05) is 60.7 Å². The van der Waals surface area contributed by atoms with Gasteiger partial charge in [0.05, 0.1) is 6.04 Å². The van der Waals surface area contributed by atoms with E-state index in [9.17, 15) is 4.79 Å². The van der Waals surface area contributed by atoms with Crippen molar-refractivity contribution < 1.29 is 4.79 Å². The van der Waals surface area contributed by atoms with Gasteiger partial charge >= 0.3 is 0 Å². The second-order valence-electron chi connectivity index (χ2n) is 6.44. The minimum absolute atomic E-state index is 0.118. The van der Waals surface area contributed by atoms with E-state index in [1.807, 2.05) is 12.1 Å². The fourth-order valence-corrected chi connectivity index (χ4v) is 4.15. The average Bonchev–Trinajstić information content (AvgIpc) is 2.82. The summed E-state index contributed by atoms with van der Waals surface area (Å²) in [6.45, 7) is 3.93. The van der Waals surface area contributed by atoms with Crippen molar-refractivity contribution in [2.24, 2.45) is 0 Å². The van der Waals surface area contributed by atoms with Gasteiger partial charge in [0.2, 0.25) is 0 Å². The first-order valence-electron chi connectivity index (χ1n) is 7.91. The van der Waals surface area contributed by atoms with Gasteiger partial charge in [0.1, 0.15) is 5.78 Å². The lowest BCUT2D eigenvalue weighted by Crippen LogP contribution is -2.47. The van der Waals surface area contributed by atoms with E-state index in [1.54, 1.807) is 6.92 Å². The van der Waals surface area contributed by atoms with Crippen LogP contribution in [0.15, 0.2) is 60.7 Å². The summed E-state index contributed by atoms with van der Waals surface area (Å²) in [6, 6.07) is 21.2. The number of Topliss-reactive ketones (excluding diaryl/α,β-unsaturated/α-hetero) is 1. The van der Waals surface area contributed by atoms with Crippen LogP contribution in [-0.4, -0.2) is 29.8 Å². The minimum atomic E-state index is -0.261. The Kier molecular flexibility index (Phi) is 3.88. The van der Waals surface area contributed by atoms with Gasteiger partial charge in [0.15, 0.2) is 0 Å². The molecule has 1 aliphatic rings. The Morgan fingerprint density at radius 1 is 1.00 bits per heavy atom. The lowest BCUT2D eigenvalue weighted by Gasteiger charge is -2.37. The monoisotopic (exact) mass is 293 g/mol. The van der Waals surface area contributed by atoms with Crippen molar-refractivity contribution in [2.45, 2.75) is 37.8 Å². The van der Waals surface area contributed by atoms with Gasteiger partial charge in [0.25, 0.3) is 0 Å². The third-order valence-electron chi connectivity index (χ3n) is 5.15. The Balaban J connectivity index is 2.26. The first kappa shape index (κ1) is 15.0. The second kappa shape index (κ2) is 5.69. The number of hydrogen-bond acceptors (Lipinski definition) is 2. The van der Waals surface area contributed by atoms with Crippen molar-refractivity contribution in [3.63, 3.8) is 0 Å². The third-order valence-corrected chi connectivity index (χ3v) is 5.15. The van der Waals surface area contributed by atoms with Crippen LogP contribution in [0, 0.1) is 0 Å². The number of hydrogen-bond donors (Lipinski definition) is 0. The summed E-state index contributed by atoms with van der Waals surface area (Å²) in [7, 11) is 2.07. The summed E-state index contributed by atoms with van der Waals surface area (Å²) < 4.78 is 0. The number of carbonyl (C=O) groups excluding carboxylic acids is 1. The highest BCUT2D eigenvalue weighted by atomic mass is 16.1. The smallest absolute Gasteiger partial charge is 0.148 e. The lowest BCUT2D eigenvalue weighted by molar-refractivity contribution is -0.122. The molecule has 1 heterocycles. The SMILES string of the molecule is CC(=O)C1N(C)C(C)CC1(c1ccccc1)c1ccccc1. The molecule has 2 aromatic rings. The highest BCUT2D eigenvalue weighted by Crippen LogP contribution is 2.47. The second-order valence-corrected chi connectivity index (χ2v) is 6.44. The van der Waals surface area contributed by atoms with E-state index in [2.05, 4.69) is 67.4 Å². The summed E-state index contributed by atoms with van der Waals surface area (Å²) in [5.74, 6) is 0.236. The van der Waals surface area contributed by atoms with Crippen LogP contribution in [0.4, 0.5) is 0 Å². The number of likely N-dealkylation sites (tertiary alicyclic amines) is 1. The van der Waals surface area contributed by atoms with E-state index in [4.69, 9.17) is 0 Å². The Hall–Kier alpha value is -1.93. The maximum absolute atomic E-state index is 12.5. The normalized spacial score (nSPS) is 24.3. The molecular weight excluding hydrogens is 270 g/mol. The van der Waals surface area contributed by atoms with Crippen LogP contribution in [0.1, 0.15) is 31.4 Å². The van der Waals surface area contributed by atoms with Gasteiger partial charge in [0, 0.05) is 11.5 Å². The Morgan fingerprint density at radius 3 is 1.86 bits per heavy atom. The predicted molar refractivity (Wildman–Crippen MR) is 90.0 cm³/mol. The highest BCUT2D eigenvalue weighted by Gasteiger charge is 2.53. The molecule has 1 aliphatic heterocycles. The summed E-state index contributed by atoms with van der Waals surface area (Å²) in [5, 5.41) is 0. The fraction of sp³-hybridized carbons (Fsp3) is 0.350. The van der Waals surface area contributed by atoms with Gasteiger partial charge < -0.3 is 0 Å². The zero-order valence-electron chi connectivity index (χ0n) is 13.5. The molecule has 1 saturated heterocycles. The van der Waals surface area contributed by atoms with Gasteiger partial charge in [-0.2, -0.15) is 0 Å². The van der Waals surface area contributed by atoms with Gasteiger partial charge in [-0.15, -0.1) is 0 Å². The van der Waals surface area contributed by atoms with E-state index >= 15 is 0 Å². The number of ketones is 1. The van der Waals surface area contributed by atoms with E-state index in [0.717, 1.165) is 6.42 Å². The molecule has 0 bridgehead atoms. The van der Waals surface area contributed by atoms with Crippen molar-refractivity contribution in [2.75, 3.05) is 7.05 Å². The maximum atomic E-state index is 12.5. The molecule has 22 heavy (non-hydrogen) atoms. The molecular formula is C20H23NO. The van der Waals surface area contributed by atoms with E-state index in [1.165, 1.54) is 11.1 Å². The summed E-state index contributed by atoms with van der Waals surface area (Å²) in [4.78, 5) is 14.8. The molecule has 0 aliphatic carbocycles. The fourth-order valence-electron chi connectivity index (χ4n) is 4.15. The number of carbonyl (C=O) groups is 1. The van der Waals surface area contributed by atoms with Gasteiger partial charge in [-0.05, 0) is 38.4 Å². The van der Waals surface area contributed by atoms with Gasteiger partial charge in [-0.3, -0.25) is 9.69 Å². The molecule has 0 amide bonds. The quantitative estimate of drug-likeness (QED) is 0.861. The largest absolute Gasteiger partial charge is 0.298 e. The van der Waals surface area contributed by atoms with Crippen LogP contribution in [0.25, 0.3) is 0 Å². The van der Waals surface area contributed by atoms with Crippen molar-refractivity contribution in [1.82, 2.24) is 4.90 Å². The first-order valence-corrected chi connectivity index (χ1v) is 7.91. The van der Waals surface area contributed by atoms with Crippen LogP contribution in [0.5, 0.6) is 0 Å². The zero-order chi connectivity index (χ0) is 15.7. The molecule has 2 aromatic carbocycles. The standard InChI is InChI=1S/C20H23NO/c1-15-14-20(17-10-6-4-7-11-17,18-12-8-5-9-13-18)19(16(2)22)21(15)3/h4-13,15,19H,14H2,1-3H3. The maximum Gasteiger partial charge on any atom is 0.148 e. The summed E-state index contributed by atoms with van der Waals surface area (Å²) >= 11 is 0. The molecule has 0 aromatic heterocycles. The highest BCUT2D eigenvalue weighted by molar-refractivity contribution is 5.85. The van der Waals surface area contributed by atoms with Crippen LogP contribution in [0.3, 0.4) is 0 Å². The van der Waals surface area contributed by atoms with Crippen LogP contribution in [-0.2, 0) is 10.2 Å². The topological polar surface area (TPSA) is 20.3 Å². The summed E-state index contributed by atoms with van der Waals surface area (Å²) in [5.41, 5.74) is 2.21. The lowest BCUT2D eigenvalue weighted by atomic mass is 9.67. The van der Waals surface area contributed by atoms with E-state index in [-0.39, 0.29) is 17.2 Å². The summed E-state index contributed by atoms with van der Waals surface area (Å²) in [6.07, 6.45) is 0.960. The number of benzene rings is 2. The van der Waals surface area contributed by atoms with Crippen molar-refractivity contribution in [3.05, 3.63) is 71.8 Å². The molecule has 0 spiro atoms. The van der Waals surface area contributed by atoms with E-state index < -0.39 is 0 Å². The van der Waals surface area contributed by atoms with Crippen LogP contribution in [0.2, 0.25) is 0 Å². The molecule has 1 fully saturated rings. The predicted octanol–water partition coefficient (Wildman–Crippen LogP) is 3.65. The van der Waals surface area contributed by atoms with Gasteiger partial charge in [-0.25, -0.2) is 0 Å². The molecule has 2 unspecified atom stereocenters. The molecule has 2 atom stereocenters. The zero-order valence-corrected chi connectivity index (χ0v) is 13.5. The molecule has 0 saturated carbocycles. The molecule has 2 nitrogen and oxygen atoms in total. The molecule has 114 valence electrons.